The van der Waals surface area contributed by atoms with E-state index in [-0.39, 0.29) is 24.4 Å². The smallest absolute Gasteiger partial charge is 0.425 e. The Morgan fingerprint density at radius 3 is 2.68 bits per heavy atom. The van der Waals surface area contributed by atoms with E-state index in [1.165, 1.54) is 30.4 Å². The van der Waals surface area contributed by atoms with Crippen LogP contribution >= 0.6 is 35.3 Å². The molecule has 13 nitrogen and oxygen atoms in total. The van der Waals surface area contributed by atoms with Crippen molar-refractivity contribution in [1.82, 2.24) is 30.8 Å². The molecule has 1 fully saturated rings. The molecule has 0 spiro atoms. The Bertz CT molecular complexity index is 1060. The summed E-state index contributed by atoms with van der Waals surface area (Å²) in [4.78, 5) is 50.9. The van der Waals surface area contributed by atoms with Crippen LogP contribution in [0.25, 0.3) is 0 Å². The number of hydrogen-bond donors (Lipinski definition) is 3. The van der Waals surface area contributed by atoms with Crippen molar-refractivity contribution in [1.29, 1.82) is 0 Å². The van der Waals surface area contributed by atoms with Crippen molar-refractivity contribution in [2.75, 3.05) is 18.1 Å². The summed E-state index contributed by atoms with van der Waals surface area (Å²) in [5.74, 6) is -4.00. The number of aromatic nitrogens is 4. The molecule has 1 aromatic heterocycles. The fourth-order valence-electron chi connectivity index (χ4n) is 3.34. The number of H-pyrrole nitrogens is 1. The number of carbonyl (C=O) groups is 4. The van der Waals surface area contributed by atoms with E-state index < -0.39 is 69.7 Å². The average Bonchev–Trinajstić information content (AvgIpc) is 3.32. The van der Waals surface area contributed by atoms with Gasteiger partial charge in [-0.2, -0.15) is 13.2 Å². The highest BCUT2D eigenvalue weighted by Crippen LogP contribution is 2.44. The fourth-order valence-corrected chi connectivity index (χ4v) is 6.14. The van der Waals surface area contributed by atoms with Crippen molar-refractivity contribution in [2.45, 2.75) is 53.9 Å². The number of nitrogens with two attached hydrogens (primary N) is 1. The molecule has 19 heteroatoms. The van der Waals surface area contributed by atoms with Crippen molar-refractivity contribution >= 4 is 59.0 Å². The molecule has 2 aliphatic rings. The lowest BCUT2D eigenvalue weighted by molar-refractivity contribution is -0.184. The monoisotopic (exact) mass is 585 g/mol. The number of tetrazole rings is 1. The largest absolute Gasteiger partial charge is 0.442 e. The van der Waals surface area contributed by atoms with Gasteiger partial charge in [0.1, 0.15) is 17.1 Å². The molecule has 204 valence electrons. The number of amides is 2. The van der Waals surface area contributed by atoms with Gasteiger partial charge in [0.15, 0.2) is 0 Å². The van der Waals surface area contributed by atoms with E-state index in [2.05, 4.69) is 25.9 Å². The molecule has 4 N–H and O–H groups in total. The predicted octanol–water partition coefficient (Wildman–Crippen LogP) is 0.369. The zero-order chi connectivity index (χ0) is 27.3. The van der Waals surface area contributed by atoms with E-state index >= 15 is 0 Å². The highest BCUT2D eigenvalue weighted by Gasteiger charge is 2.55. The van der Waals surface area contributed by atoms with Crippen LogP contribution in [0.15, 0.2) is 16.4 Å². The third-order valence-electron chi connectivity index (χ3n) is 4.90. The van der Waals surface area contributed by atoms with Gasteiger partial charge in [-0.05, 0) is 34.7 Å². The first kappa shape index (κ1) is 29.1. The Hall–Kier alpha value is -2.51. The predicted molar refractivity (Wildman–Crippen MR) is 125 cm³/mol. The molecular weight excluding hydrogens is 563 g/mol. The zero-order valence-corrected chi connectivity index (χ0v) is 21.8. The number of nitrogens with one attached hydrogen (secondary N) is 2. The lowest BCUT2D eigenvalue weighted by atomic mass is 10.0. The van der Waals surface area contributed by atoms with E-state index in [0.29, 0.717) is 10.7 Å². The van der Waals surface area contributed by atoms with E-state index in [0.717, 1.165) is 4.90 Å². The summed E-state index contributed by atoms with van der Waals surface area (Å²) in [7, 11) is 0. The van der Waals surface area contributed by atoms with Gasteiger partial charge in [-0.25, -0.2) is 9.89 Å². The van der Waals surface area contributed by atoms with Gasteiger partial charge in [0.25, 0.3) is 5.91 Å². The Labute approximate surface area is 220 Å². The Balaban J connectivity index is 1.78. The van der Waals surface area contributed by atoms with E-state index in [9.17, 15) is 32.3 Å². The van der Waals surface area contributed by atoms with Crippen LogP contribution in [0.2, 0.25) is 0 Å². The standard InChI is InChI=1S/C18H22F3N7O6S3/c1-7(37-17-24-26-27-25-17)9-5-35-15-12(23-10(29)6-36-18(19,20)21)14(31)28(15)13(9)16(32)34-8(2)33-11(30)3-4-22/h7-8,12,15H,3-6,22H2,1-2H3,(H,23,29)(H,24,25,26,27)/t7?,8?,12?,15-/m0/s1. The second-order valence-corrected chi connectivity index (χ2v) is 11.0. The summed E-state index contributed by atoms with van der Waals surface area (Å²) in [5, 5.41) is 14.8. The van der Waals surface area contributed by atoms with Gasteiger partial charge in [0.2, 0.25) is 17.4 Å². The maximum absolute atomic E-state index is 13.2. The number of ether oxygens (including phenoxy) is 2. The molecule has 0 saturated carbocycles. The maximum atomic E-state index is 13.2. The molecule has 0 aromatic carbocycles. The van der Waals surface area contributed by atoms with Gasteiger partial charge in [-0.15, -0.1) is 16.9 Å². The van der Waals surface area contributed by atoms with Crippen LogP contribution in [0.1, 0.15) is 20.3 Å². The molecule has 37 heavy (non-hydrogen) atoms. The molecule has 3 unspecified atom stereocenters. The van der Waals surface area contributed by atoms with Crippen LogP contribution in [0.5, 0.6) is 0 Å². The van der Waals surface area contributed by atoms with Crippen LogP contribution in [0, 0.1) is 0 Å². The van der Waals surface area contributed by atoms with Gasteiger partial charge in [0.05, 0.1) is 12.2 Å². The van der Waals surface area contributed by atoms with Crippen molar-refractivity contribution in [3.05, 3.63) is 11.3 Å². The molecule has 0 aliphatic carbocycles. The van der Waals surface area contributed by atoms with Crippen LogP contribution in [0.3, 0.4) is 0 Å². The Kier molecular flexibility index (Phi) is 9.70. The van der Waals surface area contributed by atoms with Gasteiger partial charge >= 0.3 is 17.4 Å². The summed E-state index contributed by atoms with van der Waals surface area (Å²) in [5.41, 5.74) is 1.08. The highest BCUT2D eigenvalue weighted by molar-refractivity contribution is 8.01. The molecule has 2 amide bonds. The number of rotatable bonds is 11. The lowest BCUT2D eigenvalue weighted by Gasteiger charge is -2.50. The highest BCUT2D eigenvalue weighted by atomic mass is 32.2. The number of thioether (sulfide) groups is 3. The molecule has 4 atom stereocenters. The number of fused-ring (bicyclic) bond motifs is 1. The number of hydrogen-bond acceptors (Lipinski definition) is 13. The topological polar surface area (TPSA) is 182 Å². The Morgan fingerprint density at radius 1 is 1.32 bits per heavy atom. The van der Waals surface area contributed by atoms with Gasteiger partial charge < -0.3 is 20.5 Å². The summed E-state index contributed by atoms with van der Waals surface area (Å²) in [6.07, 6.45) is -1.38. The minimum absolute atomic E-state index is 0.0375. The van der Waals surface area contributed by atoms with Crippen molar-refractivity contribution in [3.8, 4) is 0 Å². The first-order valence-electron chi connectivity index (χ1n) is 10.6. The number of nitrogens with zero attached hydrogens (tertiary/aromatic N) is 4. The third-order valence-corrected chi connectivity index (χ3v) is 7.97. The normalized spacial score (nSPS) is 21.0. The van der Waals surface area contributed by atoms with E-state index in [4.69, 9.17) is 15.2 Å². The van der Waals surface area contributed by atoms with Gasteiger partial charge in [-0.1, -0.05) is 11.8 Å². The van der Waals surface area contributed by atoms with Crippen molar-refractivity contribution in [2.24, 2.45) is 5.73 Å². The van der Waals surface area contributed by atoms with Crippen molar-refractivity contribution < 1.29 is 41.8 Å². The number of carbonyl (C=O) groups excluding carboxylic acids is 4. The zero-order valence-electron chi connectivity index (χ0n) is 19.3. The summed E-state index contributed by atoms with van der Waals surface area (Å²) in [6.45, 7) is 3.11. The third kappa shape index (κ3) is 7.51. The molecule has 1 saturated heterocycles. The number of β-lactam (4-membered cyclic amide) rings is 1. The second-order valence-electron chi connectivity index (χ2n) is 7.53. The van der Waals surface area contributed by atoms with Crippen LogP contribution in [0.4, 0.5) is 13.2 Å². The quantitative estimate of drug-likeness (QED) is 0.140. The van der Waals surface area contributed by atoms with Gasteiger partial charge in [-0.3, -0.25) is 19.3 Å². The molecule has 0 bridgehead atoms. The molecule has 0 radical (unpaired) electrons. The molecule has 3 rings (SSSR count). The van der Waals surface area contributed by atoms with E-state index in [1.807, 2.05) is 0 Å². The Morgan fingerprint density at radius 2 is 2.05 bits per heavy atom. The summed E-state index contributed by atoms with van der Waals surface area (Å²) in [6, 6.07) is -1.13. The molecule has 3 heterocycles. The SMILES string of the molecule is CC(OC(=O)CCN)OC(=O)C1=C(C(C)Sc2nnn[nH]2)CS[C@H]2C(NC(=O)CSC(F)(F)F)C(=O)N12. The number of esters is 2. The molecule has 1 aromatic rings. The minimum Gasteiger partial charge on any atom is -0.425 e. The lowest BCUT2D eigenvalue weighted by Crippen LogP contribution is -2.71. The fraction of sp³-hybridized carbons (Fsp3) is 0.611. The first-order valence-corrected chi connectivity index (χ1v) is 13.5. The summed E-state index contributed by atoms with van der Waals surface area (Å²) < 4.78 is 47.5. The number of alkyl halides is 3. The molecular formula is C18H22F3N7O6S3. The van der Waals surface area contributed by atoms with Crippen LogP contribution < -0.4 is 11.1 Å². The van der Waals surface area contributed by atoms with Crippen LogP contribution in [-0.4, -0.2) is 95.8 Å². The van der Waals surface area contributed by atoms with Crippen molar-refractivity contribution in [3.63, 3.8) is 0 Å². The number of halogens is 3. The van der Waals surface area contributed by atoms with Crippen LogP contribution in [-0.2, 0) is 28.7 Å². The second kappa shape index (κ2) is 12.4. The average molecular weight is 586 g/mol. The number of aromatic amines is 1. The minimum atomic E-state index is -4.60. The first-order chi connectivity index (χ1) is 17.4. The van der Waals surface area contributed by atoms with Gasteiger partial charge in [0, 0.05) is 24.5 Å². The molecule has 2 aliphatic heterocycles. The van der Waals surface area contributed by atoms with E-state index in [1.54, 1.807) is 6.92 Å². The maximum Gasteiger partial charge on any atom is 0.442 e. The summed E-state index contributed by atoms with van der Waals surface area (Å²) >= 11 is 1.87.